The highest BCUT2D eigenvalue weighted by molar-refractivity contribution is 5.59. The zero-order valence-corrected chi connectivity index (χ0v) is 22.0. The Morgan fingerprint density at radius 1 is 0.618 bits per heavy atom. The summed E-state index contributed by atoms with van der Waals surface area (Å²) in [6.07, 6.45) is 22.2. The number of benzene rings is 1. The molecule has 0 spiro atoms. The zero-order chi connectivity index (χ0) is 23.6. The van der Waals surface area contributed by atoms with Gasteiger partial charge in [-0.25, -0.2) is 0 Å². The Kier molecular flexibility index (Phi) is 10.0. The lowest BCUT2D eigenvalue weighted by Crippen LogP contribution is -2.14. The fourth-order valence-electron chi connectivity index (χ4n) is 6.50. The molecule has 0 unspecified atom stereocenters. The summed E-state index contributed by atoms with van der Waals surface area (Å²) >= 11 is 0. The Morgan fingerprint density at radius 3 is 1.91 bits per heavy atom. The van der Waals surface area contributed by atoms with Crippen LogP contribution in [0.15, 0.2) is 36.4 Å². The summed E-state index contributed by atoms with van der Waals surface area (Å²) in [6, 6.07) is 13.7. The molecule has 1 heterocycles. The SMILES string of the molecule is CCCCCCCC[C@H]1CC[C@H](c2ccc(-c3ccc([C@H]4CC[C@H](CC)CC4)nn3)cc2)CC1. The number of aromatic nitrogens is 2. The van der Waals surface area contributed by atoms with E-state index in [1.807, 2.05) is 0 Å². The molecular weight excluding hydrogens is 412 g/mol. The normalized spacial score (nSPS) is 25.4. The minimum absolute atomic E-state index is 0.614. The van der Waals surface area contributed by atoms with Crippen molar-refractivity contribution in [3.8, 4) is 11.3 Å². The van der Waals surface area contributed by atoms with Gasteiger partial charge in [0, 0.05) is 11.5 Å². The first-order chi connectivity index (χ1) is 16.8. The van der Waals surface area contributed by atoms with E-state index >= 15 is 0 Å². The molecule has 2 nitrogen and oxygen atoms in total. The average molecular weight is 461 g/mol. The van der Waals surface area contributed by atoms with E-state index < -0.39 is 0 Å². The van der Waals surface area contributed by atoms with E-state index in [9.17, 15) is 0 Å². The number of hydrogen-bond donors (Lipinski definition) is 0. The van der Waals surface area contributed by atoms with Crippen molar-refractivity contribution in [3.05, 3.63) is 47.7 Å². The highest BCUT2D eigenvalue weighted by Gasteiger charge is 2.23. The average Bonchev–Trinajstić information content (AvgIpc) is 2.91. The molecule has 0 amide bonds. The summed E-state index contributed by atoms with van der Waals surface area (Å²) in [4.78, 5) is 0. The summed E-state index contributed by atoms with van der Waals surface area (Å²) in [6.45, 7) is 4.63. The fourth-order valence-corrected chi connectivity index (χ4v) is 6.50. The van der Waals surface area contributed by atoms with Gasteiger partial charge < -0.3 is 0 Å². The summed E-state index contributed by atoms with van der Waals surface area (Å²) in [5.41, 5.74) is 4.95. The van der Waals surface area contributed by atoms with Crippen molar-refractivity contribution >= 4 is 0 Å². The monoisotopic (exact) mass is 460 g/mol. The van der Waals surface area contributed by atoms with Gasteiger partial charge in [-0.15, -0.1) is 0 Å². The van der Waals surface area contributed by atoms with Gasteiger partial charge in [0.1, 0.15) is 0 Å². The molecule has 0 bridgehead atoms. The maximum atomic E-state index is 4.65. The van der Waals surface area contributed by atoms with Crippen LogP contribution in [0.3, 0.4) is 0 Å². The first-order valence-corrected chi connectivity index (χ1v) is 14.7. The smallest absolute Gasteiger partial charge is 0.0929 e. The third-order valence-electron chi connectivity index (χ3n) is 9.02. The van der Waals surface area contributed by atoms with Crippen molar-refractivity contribution < 1.29 is 0 Å². The lowest BCUT2D eigenvalue weighted by molar-refractivity contribution is 0.302. The molecule has 2 aromatic rings. The Morgan fingerprint density at radius 2 is 1.26 bits per heavy atom. The van der Waals surface area contributed by atoms with Crippen molar-refractivity contribution in [3.63, 3.8) is 0 Å². The first kappa shape index (κ1) is 25.4. The molecule has 2 heteroatoms. The highest BCUT2D eigenvalue weighted by atomic mass is 15.1. The summed E-state index contributed by atoms with van der Waals surface area (Å²) < 4.78 is 0. The predicted octanol–water partition coefficient (Wildman–Crippen LogP) is 9.85. The van der Waals surface area contributed by atoms with E-state index in [4.69, 9.17) is 0 Å². The van der Waals surface area contributed by atoms with Crippen LogP contribution in [0.25, 0.3) is 11.3 Å². The van der Waals surface area contributed by atoms with Crippen LogP contribution in [-0.2, 0) is 0 Å². The van der Waals surface area contributed by atoms with Gasteiger partial charge in [0.15, 0.2) is 0 Å². The standard InChI is InChI=1S/C32H48N2/c1-3-5-6-7-8-9-10-26-13-15-27(16-14-26)28-19-21-30(22-20-28)32-24-23-31(33-34-32)29-17-11-25(4-2)12-18-29/h19-27,29H,3-18H2,1-2H3/t25-,26-,27-,29-. The van der Waals surface area contributed by atoms with E-state index in [0.29, 0.717) is 5.92 Å². The molecule has 1 aromatic heterocycles. The molecule has 34 heavy (non-hydrogen) atoms. The maximum absolute atomic E-state index is 4.65. The summed E-state index contributed by atoms with van der Waals surface area (Å²) in [5, 5.41) is 9.26. The van der Waals surface area contributed by atoms with Crippen LogP contribution in [0.5, 0.6) is 0 Å². The Balaban J connectivity index is 1.22. The van der Waals surface area contributed by atoms with E-state index in [1.54, 1.807) is 0 Å². The minimum Gasteiger partial charge on any atom is -0.155 e. The lowest BCUT2D eigenvalue weighted by Gasteiger charge is -2.29. The molecule has 186 valence electrons. The Hall–Kier alpha value is -1.70. The quantitative estimate of drug-likeness (QED) is 0.312. The van der Waals surface area contributed by atoms with Gasteiger partial charge in [0.05, 0.1) is 11.4 Å². The maximum Gasteiger partial charge on any atom is 0.0929 e. The van der Waals surface area contributed by atoms with Crippen LogP contribution >= 0.6 is 0 Å². The third kappa shape index (κ3) is 7.15. The van der Waals surface area contributed by atoms with Gasteiger partial charge in [-0.3, -0.25) is 0 Å². The zero-order valence-electron chi connectivity index (χ0n) is 22.0. The molecule has 2 aliphatic rings. The molecule has 0 atom stereocenters. The number of rotatable bonds is 11. The molecule has 0 aliphatic heterocycles. The first-order valence-electron chi connectivity index (χ1n) is 14.7. The van der Waals surface area contributed by atoms with Crippen LogP contribution < -0.4 is 0 Å². The molecule has 2 saturated carbocycles. The van der Waals surface area contributed by atoms with E-state index in [0.717, 1.165) is 23.4 Å². The van der Waals surface area contributed by atoms with Crippen LogP contribution in [-0.4, -0.2) is 10.2 Å². The second-order valence-corrected chi connectivity index (χ2v) is 11.4. The van der Waals surface area contributed by atoms with Crippen molar-refractivity contribution in [2.24, 2.45) is 11.8 Å². The molecular formula is C32H48N2. The fraction of sp³-hybridized carbons (Fsp3) is 0.688. The van der Waals surface area contributed by atoms with Gasteiger partial charge in [-0.1, -0.05) is 89.5 Å². The van der Waals surface area contributed by atoms with Crippen LogP contribution in [0.4, 0.5) is 0 Å². The van der Waals surface area contributed by atoms with E-state index in [2.05, 4.69) is 60.4 Å². The topological polar surface area (TPSA) is 25.8 Å². The summed E-state index contributed by atoms with van der Waals surface area (Å²) in [5.74, 6) is 3.27. The molecule has 4 rings (SSSR count). The largest absolute Gasteiger partial charge is 0.155 e. The molecule has 1 aromatic carbocycles. The van der Waals surface area contributed by atoms with Crippen molar-refractivity contribution in [2.75, 3.05) is 0 Å². The highest BCUT2D eigenvalue weighted by Crippen LogP contribution is 2.39. The van der Waals surface area contributed by atoms with Crippen molar-refractivity contribution in [1.29, 1.82) is 0 Å². The second kappa shape index (κ2) is 13.4. The summed E-state index contributed by atoms with van der Waals surface area (Å²) in [7, 11) is 0. The molecule has 0 radical (unpaired) electrons. The second-order valence-electron chi connectivity index (χ2n) is 11.4. The number of unbranched alkanes of at least 4 members (excludes halogenated alkanes) is 5. The minimum atomic E-state index is 0.614. The van der Waals surface area contributed by atoms with E-state index in [1.165, 1.54) is 120 Å². The van der Waals surface area contributed by atoms with Crippen LogP contribution in [0.2, 0.25) is 0 Å². The molecule has 0 saturated heterocycles. The number of nitrogens with zero attached hydrogens (tertiary/aromatic N) is 2. The van der Waals surface area contributed by atoms with Crippen molar-refractivity contribution in [2.45, 2.75) is 128 Å². The third-order valence-corrected chi connectivity index (χ3v) is 9.02. The van der Waals surface area contributed by atoms with Gasteiger partial charge >= 0.3 is 0 Å². The van der Waals surface area contributed by atoms with Gasteiger partial charge in [0.2, 0.25) is 0 Å². The molecule has 0 N–H and O–H groups in total. The van der Waals surface area contributed by atoms with Gasteiger partial charge in [-0.05, 0) is 86.8 Å². The van der Waals surface area contributed by atoms with Gasteiger partial charge in [-0.2, -0.15) is 10.2 Å². The van der Waals surface area contributed by atoms with Crippen LogP contribution in [0, 0.1) is 11.8 Å². The van der Waals surface area contributed by atoms with E-state index in [-0.39, 0.29) is 0 Å². The Labute approximate surface area is 209 Å². The molecule has 2 aliphatic carbocycles. The van der Waals surface area contributed by atoms with Gasteiger partial charge in [0.25, 0.3) is 0 Å². The number of hydrogen-bond acceptors (Lipinski definition) is 2. The van der Waals surface area contributed by atoms with Crippen molar-refractivity contribution in [1.82, 2.24) is 10.2 Å². The predicted molar refractivity (Wildman–Crippen MR) is 145 cm³/mol. The molecule has 2 fully saturated rings. The van der Waals surface area contributed by atoms with Crippen LogP contribution in [0.1, 0.15) is 140 Å². The Bertz CT molecular complexity index is 809. The lowest BCUT2D eigenvalue weighted by atomic mass is 9.77.